The fourth-order valence-corrected chi connectivity index (χ4v) is 2.49. The number of para-hydroxylation sites is 1. The Bertz CT molecular complexity index is 593. The van der Waals surface area contributed by atoms with Crippen LogP contribution in [0.1, 0.15) is 0 Å². The van der Waals surface area contributed by atoms with Gasteiger partial charge in [-0.1, -0.05) is 17.7 Å². The van der Waals surface area contributed by atoms with Crippen molar-refractivity contribution >= 4 is 34.9 Å². The monoisotopic (exact) mass is 286 g/mol. The molecule has 0 aliphatic rings. The van der Waals surface area contributed by atoms with E-state index in [2.05, 4.69) is 4.98 Å². The van der Waals surface area contributed by atoms with Gasteiger partial charge in [-0.2, -0.15) is 0 Å². The van der Waals surface area contributed by atoms with E-state index in [-0.39, 0.29) is 6.10 Å². The van der Waals surface area contributed by atoms with Crippen LogP contribution in [0, 0.1) is 4.77 Å². The third-order valence-corrected chi connectivity index (χ3v) is 3.44. The van der Waals surface area contributed by atoms with Gasteiger partial charge in [0.1, 0.15) is 0 Å². The van der Waals surface area contributed by atoms with E-state index >= 15 is 0 Å². The van der Waals surface area contributed by atoms with Gasteiger partial charge in [-0.15, -0.1) is 0 Å². The van der Waals surface area contributed by atoms with Gasteiger partial charge in [0.2, 0.25) is 0 Å². The number of rotatable bonds is 5. The molecule has 98 valence electrons. The third-order valence-electron chi connectivity index (χ3n) is 2.82. The second kappa shape index (κ2) is 5.84. The summed E-state index contributed by atoms with van der Waals surface area (Å²) < 4.78 is 13.0. The number of halogens is 1. The van der Waals surface area contributed by atoms with Gasteiger partial charge < -0.3 is 19.0 Å². The molecule has 1 atom stereocenters. The van der Waals surface area contributed by atoms with Gasteiger partial charge in [-0.3, -0.25) is 0 Å². The summed E-state index contributed by atoms with van der Waals surface area (Å²) in [5.41, 5.74) is 1.84. The van der Waals surface area contributed by atoms with E-state index in [1.54, 1.807) is 14.2 Å². The molecule has 0 fully saturated rings. The summed E-state index contributed by atoms with van der Waals surface area (Å²) in [6, 6.07) is 5.69. The van der Waals surface area contributed by atoms with Crippen LogP contribution in [0.3, 0.4) is 0 Å². The molecular weight excluding hydrogens is 272 g/mol. The van der Waals surface area contributed by atoms with Crippen molar-refractivity contribution in [1.82, 2.24) is 9.55 Å². The lowest BCUT2D eigenvalue weighted by molar-refractivity contribution is 0.0188. The van der Waals surface area contributed by atoms with Gasteiger partial charge >= 0.3 is 0 Å². The molecule has 0 amide bonds. The molecule has 0 aliphatic heterocycles. The van der Waals surface area contributed by atoms with E-state index in [4.69, 9.17) is 33.3 Å². The van der Waals surface area contributed by atoms with E-state index in [9.17, 15) is 0 Å². The average molecular weight is 287 g/mol. The first kappa shape index (κ1) is 13.5. The first-order valence-electron chi connectivity index (χ1n) is 5.56. The predicted octanol–water partition coefficient (Wildman–Crippen LogP) is 3.01. The minimum absolute atomic E-state index is 0.0584. The van der Waals surface area contributed by atoms with Crippen LogP contribution in [-0.4, -0.2) is 36.5 Å². The Morgan fingerprint density at radius 2 is 2.22 bits per heavy atom. The van der Waals surface area contributed by atoms with Crippen molar-refractivity contribution in [3.63, 3.8) is 0 Å². The van der Waals surface area contributed by atoms with Crippen molar-refractivity contribution in [3.05, 3.63) is 28.0 Å². The molecule has 0 bridgehead atoms. The molecule has 0 radical (unpaired) electrons. The van der Waals surface area contributed by atoms with Crippen LogP contribution in [0.25, 0.3) is 11.0 Å². The summed E-state index contributed by atoms with van der Waals surface area (Å²) in [5.74, 6) is 0. The lowest BCUT2D eigenvalue weighted by Crippen LogP contribution is -2.23. The zero-order chi connectivity index (χ0) is 13.1. The van der Waals surface area contributed by atoms with Crippen LogP contribution in [0.5, 0.6) is 0 Å². The lowest BCUT2D eigenvalue weighted by atomic mass is 10.3. The molecule has 1 heterocycles. The second-order valence-corrected chi connectivity index (χ2v) is 4.78. The number of hydrogen-bond donors (Lipinski definition) is 1. The standard InChI is InChI=1S/C12H15ClN2O2S/c1-16-7-8(17-2)6-15-11-9(13)4-3-5-10(11)14-12(15)18/h3-5,8H,6-7H2,1-2H3,(H,14,18). The van der Waals surface area contributed by atoms with Crippen LogP contribution in [-0.2, 0) is 16.0 Å². The fourth-order valence-electron chi connectivity index (χ4n) is 1.93. The van der Waals surface area contributed by atoms with Crippen LogP contribution in [0.2, 0.25) is 5.02 Å². The molecule has 1 unspecified atom stereocenters. The Hall–Kier alpha value is -0.880. The molecule has 1 aromatic heterocycles. The molecule has 2 aromatic rings. The number of aromatic nitrogens is 2. The first-order valence-corrected chi connectivity index (χ1v) is 6.34. The van der Waals surface area contributed by atoms with Gasteiger partial charge in [-0.25, -0.2) is 0 Å². The van der Waals surface area contributed by atoms with Crippen molar-refractivity contribution in [3.8, 4) is 0 Å². The van der Waals surface area contributed by atoms with Crippen molar-refractivity contribution in [2.24, 2.45) is 0 Å². The molecule has 0 aliphatic carbocycles. The predicted molar refractivity (Wildman–Crippen MR) is 74.8 cm³/mol. The molecule has 0 saturated heterocycles. The normalized spacial score (nSPS) is 13.1. The van der Waals surface area contributed by atoms with Gasteiger partial charge in [0.15, 0.2) is 4.77 Å². The minimum Gasteiger partial charge on any atom is -0.382 e. The number of ether oxygens (including phenoxy) is 2. The van der Waals surface area contributed by atoms with Gasteiger partial charge in [-0.05, 0) is 24.4 Å². The maximum Gasteiger partial charge on any atom is 0.178 e. The Kier molecular flexibility index (Phi) is 4.40. The zero-order valence-corrected chi connectivity index (χ0v) is 11.8. The Balaban J connectivity index is 2.44. The molecular formula is C12H15ClN2O2S. The van der Waals surface area contributed by atoms with Crippen LogP contribution < -0.4 is 0 Å². The summed E-state index contributed by atoms with van der Waals surface area (Å²) in [5, 5.41) is 0.673. The van der Waals surface area contributed by atoms with Crippen molar-refractivity contribution in [2.45, 2.75) is 12.6 Å². The second-order valence-electron chi connectivity index (χ2n) is 3.99. The highest BCUT2D eigenvalue weighted by molar-refractivity contribution is 7.71. The SMILES string of the molecule is COCC(Cn1c(=S)[nH]c2cccc(Cl)c21)OC. The highest BCUT2D eigenvalue weighted by Gasteiger charge is 2.13. The number of methoxy groups -OCH3 is 2. The highest BCUT2D eigenvalue weighted by Crippen LogP contribution is 2.23. The fraction of sp³-hybridized carbons (Fsp3) is 0.417. The van der Waals surface area contributed by atoms with E-state index < -0.39 is 0 Å². The number of H-pyrrole nitrogens is 1. The summed E-state index contributed by atoms with van der Waals surface area (Å²) in [6.07, 6.45) is -0.0584. The molecule has 6 heteroatoms. The molecule has 4 nitrogen and oxygen atoms in total. The largest absolute Gasteiger partial charge is 0.382 e. The number of imidazole rings is 1. The number of benzene rings is 1. The van der Waals surface area contributed by atoms with Crippen molar-refractivity contribution in [1.29, 1.82) is 0 Å². The summed E-state index contributed by atoms with van der Waals surface area (Å²) in [7, 11) is 3.30. The highest BCUT2D eigenvalue weighted by atomic mass is 35.5. The van der Waals surface area contributed by atoms with E-state index in [0.29, 0.717) is 22.9 Å². The van der Waals surface area contributed by atoms with E-state index in [1.165, 1.54) is 0 Å². The number of fused-ring (bicyclic) bond motifs is 1. The third kappa shape index (κ3) is 2.59. The van der Waals surface area contributed by atoms with Gasteiger partial charge in [0.05, 0.1) is 35.3 Å². The Morgan fingerprint density at radius 1 is 1.44 bits per heavy atom. The zero-order valence-electron chi connectivity index (χ0n) is 10.3. The Labute approximate surface area is 115 Å². The minimum atomic E-state index is -0.0584. The number of nitrogens with one attached hydrogen (secondary N) is 1. The van der Waals surface area contributed by atoms with Crippen LogP contribution in [0.4, 0.5) is 0 Å². The van der Waals surface area contributed by atoms with Crippen LogP contribution >= 0.6 is 23.8 Å². The number of aromatic amines is 1. The summed E-state index contributed by atoms with van der Waals surface area (Å²) in [4.78, 5) is 3.14. The molecule has 18 heavy (non-hydrogen) atoms. The number of nitrogens with zero attached hydrogens (tertiary/aromatic N) is 1. The molecule has 1 N–H and O–H groups in total. The molecule has 2 rings (SSSR count). The molecule has 1 aromatic carbocycles. The van der Waals surface area contributed by atoms with Gasteiger partial charge in [0, 0.05) is 14.2 Å². The van der Waals surface area contributed by atoms with E-state index in [0.717, 1.165) is 11.0 Å². The maximum atomic E-state index is 6.22. The topological polar surface area (TPSA) is 39.2 Å². The smallest absolute Gasteiger partial charge is 0.178 e. The number of hydrogen-bond acceptors (Lipinski definition) is 3. The van der Waals surface area contributed by atoms with Crippen LogP contribution in [0.15, 0.2) is 18.2 Å². The Morgan fingerprint density at radius 3 is 2.89 bits per heavy atom. The van der Waals surface area contributed by atoms with Crippen molar-refractivity contribution < 1.29 is 9.47 Å². The summed E-state index contributed by atoms with van der Waals surface area (Å²) >= 11 is 11.5. The maximum absolute atomic E-state index is 6.22. The average Bonchev–Trinajstić information content (AvgIpc) is 2.66. The van der Waals surface area contributed by atoms with Crippen molar-refractivity contribution in [2.75, 3.05) is 20.8 Å². The lowest BCUT2D eigenvalue weighted by Gasteiger charge is -2.15. The van der Waals surface area contributed by atoms with E-state index in [1.807, 2.05) is 22.8 Å². The molecule has 0 saturated carbocycles. The van der Waals surface area contributed by atoms with Gasteiger partial charge in [0.25, 0.3) is 0 Å². The quantitative estimate of drug-likeness (QED) is 0.859. The summed E-state index contributed by atoms with van der Waals surface area (Å²) in [6.45, 7) is 1.11. The first-order chi connectivity index (χ1) is 8.67. The molecule has 0 spiro atoms.